The molecule has 0 rings (SSSR count). The van der Waals surface area contributed by atoms with E-state index in [-0.39, 0.29) is 6.61 Å². The molecule has 0 aromatic rings. The molecule has 16 heavy (non-hydrogen) atoms. The standard InChI is InChI=1S/C12H27NOS2/c1-9(8-16-12(3,4)5)13-10(2)11(7-14)15-6/h9-11,13-14H,7-8H2,1-6H3. The Morgan fingerprint density at radius 3 is 2.19 bits per heavy atom. The maximum absolute atomic E-state index is 9.20. The van der Waals surface area contributed by atoms with Crippen molar-refractivity contribution in [3.05, 3.63) is 0 Å². The lowest BCUT2D eigenvalue weighted by atomic mass is 10.2. The highest BCUT2D eigenvalue weighted by molar-refractivity contribution is 8.00. The minimum atomic E-state index is 0.245. The Morgan fingerprint density at radius 1 is 1.25 bits per heavy atom. The third-order valence-electron chi connectivity index (χ3n) is 2.35. The van der Waals surface area contributed by atoms with E-state index in [1.54, 1.807) is 11.8 Å². The van der Waals surface area contributed by atoms with Crippen LogP contribution in [-0.4, -0.2) is 45.8 Å². The fraction of sp³-hybridized carbons (Fsp3) is 1.00. The van der Waals surface area contributed by atoms with Gasteiger partial charge in [0.05, 0.1) is 6.61 Å². The second-order valence-corrected chi connectivity index (χ2v) is 8.16. The number of aliphatic hydroxyl groups is 1. The van der Waals surface area contributed by atoms with Crippen LogP contribution in [-0.2, 0) is 0 Å². The number of nitrogens with one attached hydrogen (secondary N) is 1. The van der Waals surface area contributed by atoms with Crippen LogP contribution < -0.4 is 5.32 Å². The number of aliphatic hydroxyl groups excluding tert-OH is 1. The van der Waals surface area contributed by atoms with Gasteiger partial charge in [0, 0.05) is 27.8 Å². The lowest BCUT2D eigenvalue weighted by Crippen LogP contribution is -2.43. The first-order chi connectivity index (χ1) is 7.30. The highest BCUT2D eigenvalue weighted by atomic mass is 32.2. The van der Waals surface area contributed by atoms with Gasteiger partial charge in [-0.15, -0.1) is 0 Å². The van der Waals surface area contributed by atoms with Crippen molar-refractivity contribution >= 4 is 23.5 Å². The maximum atomic E-state index is 9.20. The Labute approximate surface area is 109 Å². The zero-order valence-corrected chi connectivity index (χ0v) is 13.0. The molecular weight excluding hydrogens is 238 g/mol. The topological polar surface area (TPSA) is 32.3 Å². The minimum absolute atomic E-state index is 0.245. The minimum Gasteiger partial charge on any atom is -0.395 e. The van der Waals surface area contributed by atoms with E-state index in [1.165, 1.54) is 0 Å². The van der Waals surface area contributed by atoms with Crippen LogP contribution >= 0.6 is 23.5 Å². The Balaban J connectivity index is 3.90. The van der Waals surface area contributed by atoms with Crippen LogP contribution in [0.1, 0.15) is 34.6 Å². The smallest absolute Gasteiger partial charge is 0.0564 e. The molecule has 0 bridgehead atoms. The van der Waals surface area contributed by atoms with Crippen molar-refractivity contribution in [2.24, 2.45) is 0 Å². The van der Waals surface area contributed by atoms with Crippen molar-refractivity contribution in [1.82, 2.24) is 5.32 Å². The van der Waals surface area contributed by atoms with Crippen LogP contribution in [0, 0.1) is 0 Å². The van der Waals surface area contributed by atoms with Crippen molar-refractivity contribution < 1.29 is 5.11 Å². The van der Waals surface area contributed by atoms with Gasteiger partial charge in [-0.05, 0) is 20.1 Å². The first kappa shape index (κ1) is 16.6. The molecule has 0 spiro atoms. The summed E-state index contributed by atoms with van der Waals surface area (Å²) < 4.78 is 0.328. The second-order valence-electron chi connectivity index (χ2n) is 5.24. The Morgan fingerprint density at radius 2 is 1.81 bits per heavy atom. The summed E-state index contributed by atoms with van der Waals surface area (Å²) in [5.74, 6) is 1.11. The van der Waals surface area contributed by atoms with E-state index in [9.17, 15) is 5.11 Å². The summed E-state index contributed by atoms with van der Waals surface area (Å²) >= 11 is 3.70. The molecule has 2 N–H and O–H groups in total. The molecule has 0 fully saturated rings. The summed E-state index contributed by atoms with van der Waals surface area (Å²) in [6.07, 6.45) is 2.05. The first-order valence-corrected chi connectivity index (χ1v) is 8.11. The average Bonchev–Trinajstić information content (AvgIpc) is 2.15. The predicted octanol–water partition coefficient (Wildman–Crippen LogP) is 2.61. The molecule has 98 valence electrons. The van der Waals surface area contributed by atoms with E-state index in [2.05, 4.69) is 39.9 Å². The molecule has 0 radical (unpaired) electrons. The van der Waals surface area contributed by atoms with Gasteiger partial charge in [0.25, 0.3) is 0 Å². The molecule has 0 aromatic heterocycles. The summed E-state index contributed by atoms with van der Waals surface area (Å²) in [5.41, 5.74) is 0. The fourth-order valence-corrected chi connectivity index (χ4v) is 2.90. The summed E-state index contributed by atoms with van der Waals surface area (Å²) in [7, 11) is 0. The van der Waals surface area contributed by atoms with Crippen LogP contribution in [0.15, 0.2) is 0 Å². The Hall–Kier alpha value is 0.620. The lowest BCUT2D eigenvalue weighted by molar-refractivity contribution is 0.273. The van der Waals surface area contributed by atoms with Crippen LogP contribution in [0.2, 0.25) is 0 Å². The monoisotopic (exact) mass is 265 g/mol. The van der Waals surface area contributed by atoms with Gasteiger partial charge < -0.3 is 10.4 Å². The normalized spacial score (nSPS) is 18.2. The zero-order chi connectivity index (χ0) is 12.8. The van der Waals surface area contributed by atoms with Gasteiger partial charge in [0.1, 0.15) is 0 Å². The van der Waals surface area contributed by atoms with Gasteiger partial charge in [-0.3, -0.25) is 0 Å². The third kappa shape index (κ3) is 7.82. The van der Waals surface area contributed by atoms with E-state index >= 15 is 0 Å². The molecule has 0 amide bonds. The molecule has 4 heteroatoms. The van der Waals surface area contributed by atoms with Crippen molar-refractivity contribution in [1.29, 1.82) is 0 Å². The van der Waals surface area contributed by atoms with Gasteiger partial charge >= 0.3 is 0 Å². The van der Waals surface area contributed by atoms with Gasteiger partial charge in [-0.2, -0.15) is 23.5 Å². The number of hydrogen-bond acceptors (Lipinski definition) is 4. The van der Waals surface area contributed by atoms with E-state index < -0.39 is 0 Å². The lowest BCUT2D eigenvalue weighted by Gasteiger charge is -2.27. The van der Waals surface area contributed by atoms with Crippen LogP contribution in [0.5, 0.6) is 0 Å². The molecule has 0 saturated heterocycles. The summed E-state index contributed by atoms with van der Waals surface area (Å²) in [5, 5.41) is 13.0. The van der Waals surface area contributed by atoms with Crippen LogP contribution in [0.3, 0.4) is 0 Å². The van der Waals surface area contributed by atoms with Crippen LogP contribution in [0.25, 0.3) is 0 Å². The molecule has 3 unspecified atom stereocenters. The predicted molar refractivity (Wildman–Crippen MR) is 78.7 cm³/mol. The SMILES string of the molecule is CSC(CO)C(C)NC(C)CSC(C)(C)C. The average molecular weight is 265 g/mol. The van der Waals surface area contributed by atoms with Gasteiger partial charge in [0.15, 0.2) is 0 Å². The van der Waals surface area contributed by atoms with E-state index in [0.29, 0.717) is 22.1 Å². The van der Waals surface area contributed by atoms with Gasteiger partial charge in [-0.25, -0.2) is 0 Å². The Kier molecular flexibility index (Phi) is 8.16. The van der Waals surface area contributed by atoms with Crippen molar-refractivity contribution in [2.75, 3.05) is 18.6 Å². The maximum Gasteiger partial charge on any atom is 0.0564 e. The number of thioether (sulfide) groups is 2. The van der Waals surface area contributed by atoms with E-state index in [1.807, 2.05) is 18.0 Å². The molecule has 0 aliphatic rings. The highest BCUT2D eigenvalue weighted by Gasteiger charge is 2.18. The molecular formula is C12H27NOS2. The molecule has 2 nitrogen and oxygen atoms in total. The molecule has 0 aliphatic carbocycles. The van der Waals surface area contributed by atoms with Crippen LogP contribution in [0.4, 0.5) is 0 Å². The van der Waals surface area contributed by atoms with Crippen molar-refractivity contribution in [2.45, 2.75) is 56.7 Å². The summed E-state index contributed by atoms with van der Waals surface area (Å²) in [6, 6.07) is 0.844. The fourth-order valence-electron chi connectivity index (χ4n) is 1.42. The van der Waals surface area contributed by atoms with Gasteiger partial charge in [0.2, 0.25) is 0 Å². The largest absolute Gasteiger partial charge is 0.395 e. The number of hydrogen-bond donors (Lipinski definition) is 2. The zero-order valence-electron chi connectivity index (χ0n) is 11.4. The molecule has 0 saturated carbocycles. The number of rotatable bonds is 7. The summed E-state index contributed by atoms with van der Waals surface area (Å²) in [6.45, 7) is 11.3. The van der Waals surface area contributed by atoms with Gasteiger partial charge in [-0.1, -0.05) is 20.8 Å². The summed E-state index contributed by atoms with van der Waals surface area (Å²) in [4.78, 5) is 0. The molecule has 0 aliphatic heterocycles. The quantitative estimate of drug-likeness (QED) is 0.741. The van der Waals surface area contributed by atoms with E-state index in [0.717, 1.165) is 5.75 Å². The highest BCUT2D eigenvalue weighted by Crippen LogP contribution is 2.23. The molecule has 0 heterocycles. The van der Waals surface area contributed by atoms with Crippen molar-refractivity contribution in [3.8, 4) is 0 Å². The Bertz CT molecular complexity index is 178. The van der Waals surface area contributed by atoms with E-state index in [4.69, 9.17) is 0 Å². The molecule has 0 aromatic carbocycles. The van der Waals surface area contributed by atoms with Crippen molar-refractivity contribution in [3.63, 3.8) is 0 Å². The third-order valence-corrected chi connectivity index (χ3v) is 5.05. The molecule has 3 atom stereocenters. The second kappa shape index (κ2) is 7.85. The first-order valence-electron chi connectivity index (χ1n) is 5.83.